The Morgan fingerprint density at radius 1 is 1.75 bits per heavy atom. The van der Waals surface area contributed by atoms with E-state index in [1.165, 1.54) is 12.8 Å². The highest BCUT2D eigenvalue weighted by Crippen LogP contribution is 2.06. The first-order valence-corrected chi connectivity index (χ1v) is 3.51. The third kappa shape index (κ3) is 4.20. The summed E-state index contributed by atoms with van der Waals surface area (Å²) in [7, 11) is 0. The van der Waals surface area contributed by atoms with Crippen molar-refractivity contribution >= 4 is 11.6 Å². The summed E-state index contributed by atoms with van der Waals surface area (Å²) in [6, 6.07) is 0. The molecule has 0 aliphatic rings. The maximum Gasteiger partial charge on any atom is 0.0513 e. The van der Waals surface area contributed by atoms with Crippen LogP contribution in [0.3, 0.4) is 0 Å². The van der Waals surface area contributed by atoms with Crippen molar-refractivity contribution < 1.29 is 0 Å². The summed E-state index contributed by atoms with van der Waals surface area (Å²) in [6.07, 6.45) is 5.29. The average Bonchev–Trinajstić information content (AvgIpc) is 1.83. The molecule has 0 aliphatic carbocycles. The van der Waals surface area contributed by atoms with Gasteiger partial charge in [0, 0.05) is 0 Å². The van der Waals surface area contributed by atoms with Crippen molar-refractivity contribution in [3.8, 4) is 0 Å². The van der Waals surface area contributed by atoms with E-state index in [0.717, 1.165) is 6.42 Å². The normalized spacial score (nSPS) is 13.2. The molecule has 0 heterocycles. The Bertz CT molecular complexity index is 59.4. The van der Waals surface area contributed by atoms with E-state index in [1.54, 1.807) is 6.08 Å². The van der Waals surface area contributed by atoms with Gasteiger partial charge < -0.3 is 0 Å². The fraction of sp³-hybridized carbons (Fsp3) is 0.714. The number of halogens is 1. The first-order chi connectivity index (χ1) is 3.81. The summed E-state index contributed by atoms with van der Waals surface area (Å²) in [5.74, 6) is 0. The molecule has 0 bridgehead atoms. The monoisotopic (exact) mass is 132 g/mol. The number of rotatable bonds is 4. The van der Waals surface area contributed by atoms with Gasteiger partial charge in [-0.05, 0) is 6.42 Å². The molecule has 0 aromatic carbocycles. The van der Waals surface area contributed by atoms with E-state index < -0.39 is 0 Å². The van der Waals surface area contributed by atoms with Crippen molar-refractivity contribution in [2.24, 2.45) is 0 Å². The van der Waals surface area contributed by atoms with Crippen LogP contribution in [0, 0.1) is 0 Å². The molecule has 0 fully saturated rings. The van der Waals surface area contributed by atoms with Crippen LogP contribution < -0.4 is 0 Å². The molecule has 0 unspecified atom stereocenters. The second kappa shape index (κ2) is 5.17. The molecule has 0 saturated carbocycles. The van der Waals surface area contributed by atoms with Crippen molar-refractivity contribution in [1.82, 2.24) is 0 Å². The molecule has 0 rings (SSSR count). The van der Waals surface area contributed by atoms with Crippen LogP contribution in [0.1, 0.15) is 26.2 Å². The molecule has 1 heteroatoms. The van der Waals surface area contributed by atoms with Gasteiger partial charge in [-0.25, -0.2) is 0 Å². The van der Waals surface area contributed by atoms with Crippen molar-refractivity contribution in [1.29, 1.82) is 0 Å². The molecule has 0 radical (unpaired) electrons. The van der Waals surface area contributed by atoms with Gasteiger partial charge in [-0.1, -0.05) is 25.8 Å². The van der Waals surface area contributed by atoms with Gasteiger partial charge in [0.05, 0.1) is 5.38 Å². The lowest BCUT2D eigenvalue weighted by molar-refractivity contribution is 0.734. The van der Waals surface area contributed by atoms with E-state index in [-0.39, 0.29) is 5.38 Å². The highest BCUT2D eigenvalue weighted by Gasteiger charge is 1.94. The number of unbranched alkanes of at least 4 members (excludes halogenated alkanes) is 1. The lowest BCUT2D eigenvalue weighted by atomic mass is 10.2. The molecule has 0 nitrogen and oxygen atoms in total. The zero-order valence-corrected chi connectivity index (χ0v) is 6.12. The molecule has 0 amide bonds. The van der Waals surface area contributed by atoms with Crippen molar-refractivity contribution in [3.05, 3.63) is 12.7 Å². The van der Waals surface area contributed by atoms with Crippen LogP contribution in [0.4, 0.5) is 0 Å². The van der Waals surface area contributed by atoms with Crippen molar-refractivity contribution in [2.45, 2.75) is 31.6 Å². The summed E-state index contributed by atoms with van der Waals surface area (Å²) in [4.78, 5) is 0. The molecule has 0 aromatic rings. The SMILES string of the molecule is C=C[C@H](Cl)CCCC. The molecule has 1 atom stereocenters. The van der Waals surface area contributed by atoms with E-state index in [0.29, 0.717) is 0 Å². The fourth-order valence-corrected chi connectivity index (χ4v) is 0.671. The number of allylic oxidation sites excluding steroid dienone is 1. The molecular weight excluding hydrogens is 120 g/mol. The lowest BCUT2D eigenvalue weighted by Crippen LogP contribution is -1.90. The molecule has 0 N–H and O–H groups in total. The van der Waals surface area contributed by atoms with Crippen LogP contribution in [-0.2, 0) is 0 Å². The van der Waals surface area contributed by atoms with Gasteiger partial charge in [-0.2, -0.15) is 0 Å². The van der Waals surface area contributed by atoms with Crippen LogP contribution in [0.15, 0.2) is 12.7 Å². The van der Waals surface area contributed by atoms with Crippen LogP contribution in [-0.4, -0.2) is 5.38 Å². The third-order valence-corrected chi connectivity index (χ3v) is 1.49. The number of alkyl halides is 1. The lowest BCUT2D eigenvalue weighted by Gasteiger charge is -1.98. The molecule has 0 aromatic heterocycles. The summed E-state index contributed by atoms with van der Waals surface area (Å²) in [5.41, 5.74) is 0. The molecule has 0 saturated heterocycles. The standard InChI is InChI=1S/C7H13Cl/c1-3-5-6-7(8)4-2/h4,7H,2-3,5-6H2,1H3/t7-/m0/s1. The van der Waals surface area contributed by atoms with Gasteiger partial charge in [0.1, 0.15) is 0 Å². The van der Waals surface area contributed by atoms with E-state index >= 15 is 0 Å². The van der Waals surface area contributed by atoms with Crippen LogP contribution in [0.5, 0.6) is 0 Å². The van der Waals surface area contributed by atoms with Crippen LogP contribution >= 0.6 is 11.6 Å². The molecular formula is C7H13Cl. The Balaban J connectivity index is 2.98. The third-order valence-electron chi connectivity index (χ3n) is 1.09. The highest BCUT2D eigenvalue weighted by atomic mass is 35.5. The highest BCUT2D eigenvalue weighted by molar-refractivity contribution is 6.21. The Hall–Kier alpha value is 0.0300. The molecule has 48 valence electrons. The Labute approximate surface area is 56.5 Å². The smallest absolute Gasteiger partial charge is 0.0513 e. The maximum atomic E-state index is 5.73. The quantitative estimate of drug-likeness (QED) is 0.408. The van der Waals surface area contributed by atoms with Crippen LogP contribution in [0.25, 0.3) is 0 Å². The number of hydrogen-bond acceptors (Lipinski definition) is 0. The van der Waals surface area contributed by atoms with Gasteiger partial charge in [0.25, 0.3) is 0 Å². The van der Waals surface area contributed by atoms with Gasteiger partial charge >= 0.3 is 0 Å². The molecule has 0 spiro atoms. The second-order valence-corrected chi connectivity index (χ2v) is 2.45. The molecule has 8 heavy (non-hydrogen) atoms. The van der Waals surface area contributed by atoms with E-state index in [1.807, 2.05) is 0 Å². The van der Waals surface area contributed by atoms with Gasteiger partial charge in [0.15, 0.2) is 0 Å². The minimum atomic E-state index is 0.190. The Morgan fingerprint density at radius 2 is 2.38 bits per heavy atom. The summed E-state index contributed by atoms with van der Waals surface area (Å²) < 4.78 is 0. The summed E-state index contributed by atoms with van der Waals surface area (Å²) in [5, 5.41) is 0.190. The topological polar surface area (TPSA) is 0 Å². The van der Waals surface area contributed by atoms with E-state index in [4.69, 9.17) is 11.6 Å². The summed E-state index contributed by atoms with van der Waals surface area (Å²) >= 11 is 5.73. The van der Waals surface area contributed by atoms with Crippen molar-refractivity contribution in [3.63, 3.8) is 0 Å². The first-order valence-electron chi connectivity index (χ1n) is 3.08. The predicted molar refractivity (Wildman–Crippen MR) is 39.4 cm³/mol. The van der Waals surface area contributed by atoms with E-state index in [9.17, 15) is 0 Å². The summed E-state index contributed by atoms with van der Waals surface area (Å²) in [6.45, 7) is 5.74. The minimum absolute atomic E-state index is 0.190. The first kappa shape index (κ1) is 8.03. The Morgan fingerprint density at radius 3 is 2.75 bits per heavy atom. The second-order valence-electron chi connectivity index (χ2n) is 1.89. The fourth-order valence-electron chi connectivity index (χ4n) is 0.517. The minimum Gasteiger partial charge on any atom is -0.118 e. The largest absolute Gasteiger partial charge is 0.118 e. The van der Waals surface area contributed by atoms with Gasteiger partial charge in [0.2, 0.25) is 0 Å². The van der Waals surface area contributed by atoms with Crippen LogP contribution in [0.2, 0.25) is 0 Å². The zero-order chi connectivity index (χ0) is 6.41. The Kier molecular flexibility index (Phi) is 5.19. The number of hydrogen-bond donors (Lipinski definition) is 0. The maximum absolute atomic E-state index is 5.73. The molecule has 0 aliphatic heterocycles. The van der Waals surface area contributed by atoms with Gasteiger partial charge in [-0.15, -0.1) is 18.2 Å². The van der Waals surface area contributed by atoms with E-state index in [2.05, 4.69) is 13.5 Å². The predicted octanol–water partition coefficient (Wildman–Crippen LogP) is 2.97. The van der Waals surface area contributed by atoms with Gasteiger partial charge in [-0.3, -0.25) is 0 Å². The van der Waals surface area contributed by atoms with Crippen molar-refractivity contribution in [2.75, 3.05) is 0 Å². The zero-order valence-electron chi connectivity index (χ0n) is 5.36. The average molecular weight is 133 g/mol.